The van der Waals surface area contributed by atoms with Crippen LogP contribution in [0.2, 0.25) is 0 Å². The summed E-state index contributed by atoms with van der Waals surface area (Å²) in [5, 5.41) is 6.97. The number of rotatable bonds is 5. The highest BCUT2D eigenvalue weighted by Crippen LogP contribution is 2.21. The Morgan fingerprint density at radius 2 is 2.05 bits per heavy atom. The van der Waals surface area contributed by atoms with Gasteiger partial charge < -0.3 is 15.5 Å². The topological polar surface area (TPSA) is 39.7 Å². The largest absolute Gasteiger partial charge is 0.355 e. The quantitative estimate of drug-likeness (QED) is 0.416. The molecule has 0 aromatic heterocycles. The molecule has 0 radical (unpaired) electrons. The molecular weight excluding hydrogens is 375 g/mol. The predicted octanol–water partition coefficient (Wildman–Crippen LogP) is 3.08. The predicted molar refractivity (Wildman–Crippen MR) is 104 cm³/mol. The molecule has 1 aliphatic heterocycles. The van der Waals surface area contributed by atoms with Gasteiger partial charge in [0.2, 0.25) is 0 Å². The number of nitrogens with zero attached hydrogens (tertiary/aromatic N) is 2. The van der Waals surface area contributed by atoms with Crippen LogP contribution >= 0.6 is 24.0 Å². The summed E-state index contributed by atoms with van der Waals surface area (Å²) >= 11 is 0. The van der Waals surface area contributed by atoms with E-state index in [0.29, 0.717) is 17.5 Å². The number of hydrogen-bond acceptors (Lipinski definition) is 2. The minimum atomic E-state index is 0. The summed E-state index contributed by atoms with van der Waals surface area (Å²) in [4.78, 5) is 6.77. The lowest BCUT2D eigenvalue weighted by Gasteiger charge is -2.25. The fourth-order valence-corrected chi connectivity index (χ4v) is 2.60. The maximum Gasteiger partial charge on any atom is 0.191 e. The van der Waals surface area contributed by atoms with Gasteiger partial charge in [0.25, 0.3) is 0 Å². The van der Waals surface area contributed by atoms with Crippen LogP contribution in [-0.4, -0.2) is 50.1 Å². The van der Waals surface area contributed by atoms with Crippen molar-refractivity contribution >= 4 is 29.9 Å². The Kier molecular flexibility index (Phi) is 9.85. The van der Waals surface area contributed by atoms with Crippen molar-refractivity contribution in [1.82, 2.24) is 15.5 Å². The number of likely N-dealkylation sites (tertiary alicyclic amines) is 1. The van der Waals surface area contributed by atoms with Crippen LogP contribution in [0.5, 0.6) is 0 Å². The van der Waals surface area contributed by atoms with Crippen LogP contribution in [-0.2, 0) is 0 Å². The Labute approximate surface area is 148 Å². The van der Waals surface area contributed by atoms with E-state index >= 15 is 0 Å². The van der Waals surface area contributed by atoms with E-state index in [2.05, 4.69) is 55.3 Å². The molecule has 0 amide bonds. The van der Waals surface area contributed by atoms with Gasteiger partial charge in [-0.05, 0) is 51.6 Å². The van der Waals surface area contributed by atoms with Gasteiger partial charge in [0.05, 0.1) is 0 Å². The first-order chi connectivity index (χ1) is 9.31. The fraction of sp³-hybridized carbons (Fsp3) is 0.938. The lowest BCUT2D eigenvalue weighted by atomic mass is 9.89. The van der Waals surface area contributed by atoms with Crippen LogP contribution in [0.3, 0.4) is 0 Å². The van der Waals surface area contributed by atoms with E-state index in [1.165, 1.54) is 32.2 Å². The maximum atomic E-state index is 4.33. The third kappa shape index (κ3) is 8.86. The number of halogens is 1. The van der Waals surface area contributed by atoms with E-state index < -0.39 is 0 Å². The van der Waals surface area contributed by atoms with E-state index in [0.717, 1.165) is 12.5 Å². The molecule has 0 bridgehead atoms. The number of likely N-dealkylation sites (N-methyl/N-ethyl adjacent to an activating group) is 1. The Morgan fingerprint density at radius 1 is 1.38 bits per heavy atom. The molecule has 1 rings (SSSR count). The minimum Gasteiger partial charge on any atom is -0.355 e. The highest BCUT2D eigenvalue weighted by atomic mass is 127. The fourth-order valence-electron chi connectivity index (χ4n) is 2.60. The molecule has 4 nitrogen and oxygen atoms in total. The molecule has 2 N–H and O–H groups in total. The first-order valence-corrected chi connectivity index (χ1v) is 7.99. The molecule has 126 valence electrons. The number of guanidine groups is 1. The normalized spacial score (nSPS) is 21.8. The second-order valence-corrected chi connectivity index (χ2v) is 7.37. The van der Waals surface area contributed by atoms with Crippen LogP contribution in [0.15, 0.2) is 4.99 Å². The van der Waals surface area contributed by atoms with Gasteiger partial charge in [-0.25, -0.2) is 0 Å². The molecule has 0 spiro atoms. The smallest absolute Gasteiger partial charge is 0.191 e. The average molecular weight is 410 g/mol. The van der Waals surface area contributed by atoms with Gasteiger partial charge in [0.15, 0.2) is 5.96 Å². The molecule has 0 aliphatic carbocycles. The standard InChI is InChI=1S/C16H34N4.HI/c1-13(9-10-16(2,3)4)19-15(17-5)18-12-14-8-7-11-20(14)6;/h13-14H,7-12H2,1-6H3,(H2,17,18,19);1H. The summed E-state index contributed by atoms with van der Waals surface area (Å²) in [5.74, 6) is 0.937. The van der Waals surface area contributed by atoms with E-state index in [1.54, 1.807) is 0 Å². The molecular formula is C16H35IN4. The van der Waals surface area contributed by atoms with Crippen molar-refractivity contribution in [2.45, 2.75) is 65.5 Å². The molecule has 0 aromatic rings. The van der Waals surface area contributed by atoms with Gasteiger partial charge in [-0.1, -0.05) is 20.8 Å². The highest BCUT2D eigenvalue weighted by Gasteiger charge is 2.21. The van der Waals surface area contributed by atoms with Crippen LogP contribution in [0.4, 0.5) is 0 Å². The van der Waals surface area contributed by atoms with Crippen molar-refractivity contribution in [3.63, 3.8) is 0 Å². The molecule has 0 saturated carbocycles. The van der Waals surface area contributed by atoms with E-state index in [1.807, 2.05) is 7.05 Å². The molecule has 1 heterocycles. The van der Waals surface area contributed by atoms with Crippen molar-refractivity contribution in [3.8, 4) is 0 Å². The van der Waals surface area contributed by atoms with Gasteiger partial charge in [-0.15, -0.1) is 24.0 Å². The lowest BCUT2D eigenvalue weighted by molar-refractivity contribution is 0.309. The molecule has 2 unspecified atom stereocenters. The third-order valence-electron chi connectivity index (χ3n) is 4.11. The Morgan fingerprint density at radius 3 is 2.52 bits per heavy atom. The Bertz CT molecular complexity index is 312. The second kappa shape index (κ2) is 9.87. The zero-order valence-corrected chi connectivity index (χ0v) is 17.0. The van der Waals surface area contributed by atoms with Gasteiger partial charge in [-0.2, -0.15) is 0 Å². The summed E-state index contributed by atoms with van der Waals surface area (Å²) in [6.45, 7) is 11.3. The molecule has 5 heteroatoms. The van der Waals surface area contributed by atoms with Crippen molar-refractivity contribution in [1.29, 1.82) is 0 Å². The van der Waals surface area contributed by atoms with E-state index in [-0.39, 0.29) is 24.0 Å². The summed E-state index contributed by atoms with van der Waals surface area (Å²) in [5.41, 5.74) is 0.402. The number of aliphatic imine (C=N–C) groups is 1. The third-order valence-corrected chi connectivity index (χ3v) is 4.11. The summed E-state index contributed by atoms with van der Waals surface area (Å²) in [7, 11) is 4.06. The molecule has 21 heavy (non-hydrogen) atoms. The zero-order chi connectivity index (χ0) is 15.2. The molecule has 1 aliphatic rings. The lowest BCUT2D eigenvalue weighted by Crippen LogP contribution is -2.46. The first-order valence-electron chi connectivity index (χ1n) is 7.99. The van der Waals surface area contributed by atoms with Gasteiger partial charge in [0.1, 0.15) is 0 Å². The van der Waals surface area contributed by atoms with Gasteiger partial charge in [0, 0.05) is 25.7 Å². The summed E-state index contributed by atoms with van der Waals surface area (Å²) in [6, 6.07) is 1.11. The second-order valence-electron chi connectivity index (χ2n) is 7.37. The van der Waals surface area contributed by atoms with Gasteiger partial charge in [-0.3, -0.25) is 4.99 Å². The maximum absolute atomic E-state index is 4.33. The van der Waals surface area contributed by atoms with Crippen molar-refractivity contribution < 1.29 is 0 Å². The monoisotopic (exact) mass is 410 g/mol. The number of nitrogens with one attached hydrogen (secondary N) is 2. The first kappa shape index (κ1) is 21.0. The molecule has 0 aromatic carbocycles. The van der Waals surface area contributed by atoms with Gasteiger partial charge >= 0.3 is 0 Å². The minimum absolute atomic E-state index is 0. The Hall–Kier alpha value is -0.0400. The van der Waals surface area contributed by atoms with Crippen molar-refractivity contribution in [2.24, 2.45) is 10.4 Å². The van der Waals surface area contributed by atoms with E-state index in [9.17, 15) is 0 Å². The van der Waals surface area contributed by atoms with E-state index in [4.69, 9.17) is 0 Å². The van der Waals surface area contributed by atoms with Crippen LogP contribution in [0.25, 0.3) is 0 Å². The molecule has 1 fully saturated rings. The SMILES string of the molecule is CN=C(NCC1CCCN1C)NC(C)CCC(C)(C)C.I. The molecule has 1 saturated heterocycles. The van der Waals surface area contributed by atoms with Crippen LogP contribution in [0.1, 0.15) is 53.4 Å². The number of hydrogen-bond donors (Lipinski definition) is 2. The molecule has 2 atom stereocenters. The summed E-state index contributed by atoms with van der Waals surface area (Å²) < 4.78 is 0. The zero-order valence-electron chi connectivity index (χ0n) is 14.7. The van der Waals surface area contributed by atoms with Crippen molar-refractivity contribution in [3.05, 3.63) is 0 Å². The van der Waals surface area contributed by atoms with Crippen LogP contribution in [0, 0.1) is 5.41 Å². The average Bonchev–Trinajstić information content (AvgIpc) is 2.77. The highest BCUT2D eigenvalue weighted by molar-refractivity contribution is 14.0. The van der Waals surface area contributed by atoms with Crippen molar-refractivity contribution in [2.75, 3.05) is 27.2 Å². The van der Waals surface area contributed by atoms with Crippen LogP contribution < -0.4 is 10.6 Å². The summed E-state index contributed by atoms with van der Waals surface area (Å²) in [6.07, 6.45) is 5.01. The Balaban J connectivity index is 0.00000400.